The van der Waals surface area contributed by atoms with Crippen molar-refractivity contribution in [1.82, 2.24) is 0 Å². The molecule has 2 heteroatoms. The summed E-state index contributed by atoms with van der Waals surface area (Å²) in [6.45, 7) is 2.03. The molecule has 1 aromatic rings. The average molecular weight is 203 g/mol. The van der Waals surface area contributed by atoms with E-state index < -0.39 is 0 Å². The van der Waals surface area contributed by atoms with Gasteiger partial charge in [0, 0.05) is 9.37 Å². The Bertz CT molecular complexity index is 200. The van der Waals surface area contributed by atoms with Crippen molar-refractivity contribution in [2.45, 2.75) is 11.8 Å². The van der Waals surface area contributed by atoms with Crippen molar-refractivity contribution in [2.24, 2.45) is 0 Å². The zero-order valence-corrected chi connectivity index (χ0v) is 7.54. The van der Waals surface area contributed by atoms with Gasteiger partial charge in [-0.3, -0.25) is 0 Å². The van der Waals surface area contributed by atoms with Gasteiger partial charge in [-0.25, -0.2) is 0 Å². The molecule has 0 saturated heterocycles. The zero-order chi connectivity index (χ0) is 6.85. The Labute approximate surface area is 68.8 Å². The van der Waals surface area contributed by atoms with Crippen LogP contribution in [0.15, 0.2) is 27.6 Å². The van der Waals surface area contributed by atoms with Crippen LogP contribution in [0.1, 0.15) is 5.56 Å². The molecule has 0 aliphatic rings. The lowest BCUT2D eigenvalue weighted by Gasteiger charge is -1.98. The van der Waals surface area contributed by atoms with E-state index in [1.807, 2.05) is 25.1 Å². The number of thiol groups is 1. The Kier molecular flexibility index (Phi) is 2.19. The Morgan fingerprint density at radius 2 is 2.11 bits per heavy atom. The van der Waals surface area contributed by atoms with E-state index in [9.17, 15) is 0 Å². The normalized spacial score (nSPS) is 9.67. The molecule has 0 aromatic heterocycles. The minimum atomic E-state index is 1.03. The molecule has 0 bridgehead atoms. The molecular formula is C7H7BrS. The van der Waals surface area contributed by atoms with Gasteiger partial charge in [0.05, 0.1) is 0 Å². The smallest absolute Gasteiger partial charge is 0.0215 e. The lowest BCUT2D eigenvalue weighted by Crippen LogP contribution is -1.75. The maximum absolute atomic E-state index is 4.24. The highest BCUT2D eigenvalue weighted by atomic mass is 79.9. The summed E-state index contributed by atoms with van der Waals surface area (Å²) in [7, 11) is 0. The molecule has 0 atom stereocenters. The molecule has 0 aliphatic carbocycles. The van der Waals surface area contributed by atoms with Crippen LogP contribution in [0.4, 0.5) is 0 Å². The molecule has 0 fully saturated rings. The van der Waals surface area contributed by atoms with Crippen LogP contribution in [0.25, 0.3) is 0 Å². The first-order valence-corrected chi connectivity index (χ1v) is 3.90. The van der Waals surface area contributed by atoms with Gasteiger partial charge in [-0.15, -0.1) is 12.6 Å². The third-order valence-electron chi connectivity index (χ3n) is 1.24. The van der Waals surface area contributed by atoms with Gasteiger partial charge < -0.3 is 0 Å². The summed E-state index contributed by atoms with van der Waals surface area (Å²) in [6.07, 6.45) is 0. The van der Waals surface area contributed by atoms with Gasteiger partial charge >= 0.3 is 0 Å². The van der Waals surface area contributed by atoms with E-state index in [0.717, 1.165) is 9.37 Å². The first kappa shape index (κ1) is 7.16. The third kappa shape index (κ3) is 1.49. The zero-order valence-electron chi connectivity index (χ0n) is 5.06. The first-order chi connectivity index (χ1) is 4.22. The standard InChI is InChI=1S/C7H7BrS/c1-5-6(8)3-2-4-7(5)9/h2-4,9H,1H3. The Hall–Kier alpha value is 0.0500. The van der Waals surface area contributed by atoms with Crippen LogP contribution in [-0.4, -0.2) is 0 Å². The number of rotatable bonds is 0. The second kappa shape index (κ2) is 2.76. The maximum atomic E-state index is 4.24. The van der Waals surface area contributed by atoms with E-state index >= 15 is 0 Å². The van der Waals surface area contributed by atoms with Crippen LogP contribution in [0.2, 0.25) is 0 Å². The van der Waals surface area contributed by atoms with Gasteiger partial charge in [0.15, 0.2) is 0 Å². The highest BCUT2D eigenvalue weighted by Crippen LogP contribution is 2.21. The molecule has 1 rings (SSSR count). The number of benzene rings is 1. The first-order valence-electron chi connectivity index (χ1n) is 2.66. The second-order valence-corrected chi connectivity index (χ2v) is 3.22. The molecule has 0 heterocycles. The molecule has 0 nitrogen and oxygen atoms in total. The van der Waals surface area contributed by atoms with Crippen molar-refractivity contribution in [1.29, 1.82) is 0 Å². The van der Waals surface area contributed by atoms with Crippen molar-refractivity contribution < 1.29 is 0 Å². The minimum absolute atomic E-state index is 1.03. The molecule has 0 spiro atoms. The number of hydrogen-bond donors (Lipinski definition) is 1. The van der Waals surface area contributed by atoms with E-state index in [0.29, 0.717) is 0 Å². The SMILES string of the molecule is Cc1c(S)cccc1Br. The van der Waals surface area contributed by atoms with Crippen LogP contribution in [0.3, 0.4) is 0 Å². The van der Waals surface area contributed by atoms with Gasteiger partial charge in [-0.2, -0.15) is 0 Å². The fourth-order valence-corrected chi connectivity index (χ4v) is 1.32. The predicted octanol–water partition coefficient (Wildman–Crippen LogP) is 3.05. The molecule has 0 amide bonds. The van der Waals surface area contributed by atoms with Gasteiger partial charge in [0.2, 0.25) is 0 Å². The monoisotopic (exact) mass is 202 g/mol. The highest BCUT2D eigenvalue weighted by molar-refractivity contribution is 9.10. The number of halogens is 1. The quantitative estimate of drug-likeness (QED) is 0.615. The number of hydrogen-bond acceptors (Lipinski definition) is 1. The fraction of sp³-hybridized carbons (Fsp3) is 0.143. The van der Waals surface area contributed by atoms with Crippen molar-refractivity contribution >= 4 is 28.6 Å². The molecule has 0 unspecified atom stereocenters. The van der Waals surface area contributed by atoms with Crippen molar-refractivity contribution in [2.75, 3.05) is 0 Å². The molecule has 0 saturated carbocycles. The van der Waals surface area contributed by atoms with Crippen LogP contribution in [0, 0.1) is 6.92 Å². The topological polar surface area (TPSA) is 0 Å². The summed E-state index contributed by atoms with van der Waals surface area (Å²) in [4.78, 5) is 1.03. The summed E-state index contributed by atoms with van der Waals surface area (Å²) in [5.74, 6) is 0. The van der Waals surface area contributed by atoms with Gasteiger partial charge in [0.1, 0.15) is 0 Å². The fourth-order valence-electron chi connectivity index (χ4n) is 0.596. The van der Waals surface area contributed by atoms with Gasteiger partial charge in [-0.1, -0.05) is 22.0 Å². The Morgan fingerprint density at radius 3 is 2.56 bits per heavy atom. The summed E-state index contributed by atoms with van der Waals surface area (Å²) < 4.78 is 1.12. The van der Waals surface area contributed by atoms with Crippen molar-refractivity contribution in [3.63, 3.8) is 0 Å². The molecule has 1 aromatic carbocycles. The molecule has 9 heavy (non-hydrogen) atoms. The molecule has 48 valence electrons. The Balaban J connectivity index is 3.25. The third-order valence-corrected chi connectivity index (χ3v) is 2.58. The van der Waals surface area contributed by atoms with E-state index in [1.165, 1.54) is 5.56 Å². The summed E-state index contributed by atoms with van der Waals surface area (Å²) in [6, 6.07) is 5.96. The lowest BCUT2D eigenvalue weighted by molar-refractivity contribution is 1.29. The molecular weight excluding hydrogens is 196 g/mol. The predicted molar refractivity (Wildman–Crippen MR) is 46.1 cm³/mol. The van der Waals surface area contributed by atoms with Crippen LogP contribution >= 0.6 is 28.6 Å². The van der Waals surface area contributed by atoms with Gasteiger partial charge in [0.25, 0.3) is 0 Å². The lowest BCUT2D eigenvalue weighted by atomic mass is 10.2. The minimum Gasteiger partial charge on any atom is -0.143 e. The molecule has 0 radical (unpaired) electrons. The maximum Gasteiger partial charge on any atom is 0.0215 e. The van der Waals surface area contributed by atoms with E-state index in [4.69, 9.17) is 0 Å². The summed E-state index contributed by atoms with van der Waals surface area (Å²) in [5, 5.41) is 0. The molecule has 0 N–H and O–H groups in total. The largest absolute Gasteiger partial charge is 0.143 e. The van der Waals surface area contributed by atoms with E-state index in [1.54, 1.807) is 0 Å². The van der Waals surface area contributed by atoms with Crippen molar-refractivity contribution in [3.8, 4) is 0 Å². The van der Waals surface area contributed by atoms with Gasteiger partial charge in [-0.05, 0) is 24.6 Å². The van der Waals surface area contributed by atoms with E-state index in [2.05, 4.69) is 28.6 Å². The average Bonchev–Trinajstić information content (AvgIpc) is 1.83. The van der Waals surface area contributed by atoms with Crippen molar-refractivity contribution in [3.05, 3.63) is 28.2 Å². The summed E-state index contributed by atoms with van der Waals surface area (Å²) >= 11 is 7.63. The Morgan fingerprint density at radius 1 is 1.44 bits per heavy atom. The second-order valence-electron chi connectivity index (χ2n) is 1.88. The van der Waals surface area contributed by atoms with Crippen LogP contribution < -0.4 is 0 Å². The van der Waals surface area contributed by atoms with Crippen LogP contribution in [-0.2, 0) is 0 Å². The van der Waals surface area contributed by atoms with Crippen LogP contribution in [0.5, 0.6) is 0 Å². The summed E-state index contributed by atoms with van der Waals surface area (Å²) in [5.41, 5.74) is 1.20. The van der Waals surface area contributed by atoms with E-state index in [-0.39, 0.29) is 0 Å². The molecule has 0 aliphatic heterocycles. The highest BCUT2D eigenvalue weighted by Gasteiger charge is 1.94.